The molecule has 0 aromatic heterocycles. The number of nitrogens with two attached hydrogens (primary N) is 1. The third kappa shape index (κ3) is 3.24. The molecule has 0 radical (unpaired) electrons. The molecule has 19 heavy (non-hydrogen) atoms. The first-order valence-corrected chi connectivity index (χ1v) is 6.83. The number of para-hydroxylation sites is 1. The van der Waals surface area contributed by atoms with Gasteiger partial charge in [-0.3, -0.25) is 10.6 Å². The summed E-state index contributed by atoms with van der Waals surface area (Å²) in [4.78, 5) is 12.3. The minimum Gasteiger partial charge on any atom is -0.323 e. The smallest absolute Gasteiger partial charge is 0.257 e. The number of hydrogen-bond acceptors (Lipinski definition) is 3. The van der Waals surface area contributed by atoms with Crippen molar-refractivity contribution in [1.82, 2.24) is 0 Å². The molecule has 4 nitrogen and oxygen atoms in total. The highest BCUT2D eigenvalue weighted by molar-refractivity contribution is 14.1. The van der Waals surface area contributed by atoms with Gasteiger partial charge in [0.25, 0.3) is 5.91 Å². The number of nitrogens with one attached hydrogen (secondary N) is 2. The van der Waals surface area contributed by atoms with Crippen molar-refractivity contribution < 1.29 is 4.79 Å². The zero-order valence-electron chi connectivity index (χ0n) is 10.4. The summed E-state index contributed by atoms with van der Waals surface area (Å²) in [6.45, 7) is 1.93. The maximum absolute atomic E-state index is 12.3. The van der Waals surface area contributed by atoms with E-state index in [1.165, 1.54) is 0 Å². The summed E-state index contributed by atoms with van der Waals surface area (Å²) in [6.07, 6.45) is 0. The number of amides is 1. The summed E-state index contributed by atoms with van der Waals surface area (Å²) < 4.78 is 0.989. The summed E-state index contributed by atoms with van der Waals surface area (Å²) in [7, 11) is 0. The second-order valence-electron chi connectivity index (χ2n) is 4.13. The highest BCUT2D eigenvalue weighted by atomic mass is 127. The van der Waals surface area contributed by atoms with E-state index in [0.717, 1.165) is 14.8 Å². The molecule has 0 saturated carbocycles. The zero-order valence-corrected chi connectivity index (χ0v) is 12.6. The lowest BCUT2D eigenvalue weighted by Crippen LogP contribution is -2.17. The number of halogens is 1. The highest BCUT2D eigenvalue weighted by Gasteiger charge is 2.12. The lowest BCUT2D eigenvalue weighted by atomic mass is 10.1. The van der Waals surface area contributed by atoms with E-state index < -0.39 is 0 Å². The Hall–Kier alpha value is -1.60. The molecule has 5 heteroatoms. The molecule has 0 aliphatic rings. The molecule has 0 aliphatic carbocycles. The number of carbonyl (C=O) groups is 1. The van der Waals surface area contributed by atoms with E-state index >= 15 is 0 Å². The number of hydrazine groups is 1. The van der Waals surface area contributed by atoms with Crippen molar-refractivity contribution in [2.45, 2.75) is 6.92 Å². The van der Waals surface area contributed by atoms with Gasteiger partial charge >= 0.3 is 0 Å². The molecule has 2 rings (SSSR count). The van der Waals surface area contributed by atoms with Crippen LogP contribution in [-0.2, 0) is 0 Å². The Labute approximate surface area is 125 Å². The summed E-state index contributed by atoms with van der Waals surface area (Å²) in [6, 6.07) is 13.1. The van der Waals surface area contributed by atoms with Crippen LogP contribution >= 0.6 is 22.6 Å². The van der Waals surface area contributed by atoms with E-state index in [2.05, 4.69) is 33.3 Å². The van der Waals surface area contributed by atoms with Gasteiger partial charge in [0.2, 0.25) is 0 Å². The number of rotatable bonds is 3. The van der Waals surface area contributed by atoms with Crippen LogP contribution < -0.4 is 16.6 Å². The largest absolute Gasteiger partial charge is 0.323 e. The van der Waals surface area contributed by atoms with E-state index in [9.17, 15) is 4.79 Å². The normalized spacial score (nSPS) is 10.1. The molecule has 0 aliphatic heterocycles. The van der Waals surface area contributed by atoms with Crippen molar-refractivity contribution in [2.75, 3.05) is 10.7 Å². The Morgan fingerprint density at radius 1 is 1.16 bits per heavy atom. The Morgan fingerprint density at radius 2 is 1.89 bits per heavy atom. The van der Waals surface area contributed by atoms with E-state index in [1.807, 2.05) is 37.3 Å². The van der Waals surface area contributed by atoms with Crippen LogP contribution in [0.3, 0.4) is 0 Å². The molecule has 4 N–H and O–H groups in total. The first-order valence-electron chi connectivity index (χ1n) is 5.75. The van der Waals surface area contributed by atoms with Gasteiger partial charge in [0, 0.05) is 3.57 Å². The predicted octanol–water partition coefficient (Wildman–Crippen LogP) is 3.14. The molecule has 0 fully saturated rings. The molecule has 0 heterocycles. The fourth-order valence-corrected chi connectivity index (χ4v) is 2.25. The van der Waals surface area contributed by atoms with Crippen molar-refractivity contribution in [3.8, 4) is 0 Å². The fraction of sp³-hybridized carbons (Fsp3) is 0.0714. The minimum atomic E-state index is -0.180. The van der Waals surface area contributed by atoms with Gasteiger partial charge in [0.05, 0.1) is 16.9 Å². The second kappa shape index (κ2) is 6.03. The van der Waals surface area contributed by atoms with Crippen molar-refractivity contribution in [1.29, 1.82) is 0 Å². The van der Waals surface area contributed by atoms with Gasteiger partial charge in [-0.15, -0.1) is 0 Å². The van der Waals surface area contributed by atoms with E-state index in [0.29, 0.717) is 11.3 Å². The SMILES string of the molecule is Cc1ccc(NN)c(C(=O)Nc2ccccc2I)c1. The monoisotopic (exact) mass is 367 g/mol. The van der Waals surface area contributed by atoms with Crippen LogP contribution in [0.5, 0.6) is 0 Å². The van der Waals surface area contributed by atoms with E-state index in [-0.39, 0.29) is 5.91 Å². The van der Waals surface area contributed by atoms with Crippen LogP contribution in [-0.4, -0.2) is 5.91 Å². The average molecular weight is 367 g/mol. The fourth-order valence-electron chi connectivity index (χ4n) is 1.72. The van der Waals surface area contributed by atoms with Crippen molar-refractivity contribution in [3.63, 3.8) is 0 Å². The number of anilines is 2. The molecule has 0 bridgehead atoms. The first-order chi connectivity index (χ1) is 9.11. The molecule has 2 aromatic rings. The van der Waals surface area contributed by atoms with Gasteiger partial charge in [-0.1, -0.05) is 23.8 Å². The third-order valence-electron chi connectivity index (χ3n) is 2.70. The predicted molar refractivity (Wildman–Crippen MR) is 86.1 cm³/mol. The van der Waals surface area contributed by atoms with Gasteiger partial charge in [-0.05, 0) is 53.8 Å². The highest BCUT2D eigenvalue weighted by Crippen LogP contribution is 2.21. The number of hydrogen-bond donors (Lipinski definition) is 3. The van der Waals surface area contributed by atoms with E-state index in [1.54, 1.807) is 12.1 Å². The van der Waals surface area contributed by atoms with E-state index in [4.69, 9.17) is 5.84 Å². The summed E-state index contributed by atoms with van der Waals surface area (Å²) in [5, 5.41) is 2.89. The molecule has 98 valence electrons. The molecule has 0 spiro atoms. The number of aryl methyl sites for hydroxylation is 1. The molecular weight excluding hydrogens is 353 g/mol. The Bertz CT molecular complexity index is 613. The summed E-state index contributed by atoms with van der Waals surface area (Å²) >= 11 is 2.18. The van der Waals surface area contributed by atoms with Crippen LogP contribution in [0, 0.1) is 10.5 Å². The Kier molecular flexibility index (Phi) is 4.39. The molecule has 0 saturated heterocycles. The molecule has 0 unspecified atom stereocenters. The van der Waals surface area contributed by atoms with Crippen LogP contribution in [0.15, 0.2) is 42.5 Å². The van der Waals surface area contributed by atoms with Crippen molar-refractivity contribution in [3.05, 3.63) is 57.2 Å². The minimum absolute atomic E-state index is 0.180. The van der Waals surface area contributed by atoms with Crippen LogP contribution in [0.2, 0.25) is 0 Å². The summed E-state index contributed by atoms with van der Waals surface area (Å²) in [5.74, 6) is 5.25. The summed E-state index contributed by atoms with van der Waals surface area (Å²) in [5.41, 5.74) is 5.47. The van der Waals surface area contributed by atoms with Crippen LogP contribution in [0.1, 0.15) is 15.9 Å². The molecule has 1 amide bonds. The molecule has 2 aromatic carbocycles. The quantitative estimate of drug-likeness (QED) is 0.444. The van der Waals surface area contributed by atoms with Gasteiger partial charge in [0.1, 0.15) is 0 Å². The topological polar surface area (TPSA) is 67.1 Å². The lowest BCUT2D eigenvalue weighted by Gasteiger charge is -2.11. The average Bonchev–Trinajstić information content (AvgIpc) is 2.41. The molecule has 0 atom stereocenters. The van der Waals surface area contributed by atoms with Gasteiger partial charge in [0.15, 0.2) is 0 Å². The number of nitrogen functional groups attached to an aromatic ring is 1. The van der Waals surface area contributed by atoms with Crippen LogP contribution in [0.4, 0.5) is 11.4 Å². The second-order valence-corrected chi connectivity index (χ2v) is 5.29. The third-order valence-corrected chi connectivity index (χ3v) is 3.64. The van der Waals surface area contributed by atoms with Gasteiger partial charge < -0.3 is 10.7 Å². The molecular formula is C14H14IN3O. The van der Waals surface area contributed by atoms with Gasteiger partial charge in [-0.25, -0.2) is 0 Å². The van der Waals surface area contributed by atoms with Crippen LogP contribution in [0.25, 0.3) is 0 Å². The van der Waals surface area contributed by atoms with Crippen molar-refractivity contribution in [2.24, 2.45) is 5.84 Å². The maximum atomic E-state index is 12.3. The number of carbonyl (C=O) groups excluding carboxylic acids is 1. The number of benzene rings is 2. The van der Waals surface area contributed by atoms with Crippen molar-refractivity contribution >= 4 is 39.9 Å². The lowest BCUT2D eigenvalue weighted by molar-refractivity contribution is 0.102. The standard InChI is InChI=1S/C14H14IN3O/c1-9-6-7-12(18-16)10(8-9)14(19)17-13-5-3-2-4-11(13)15/h2-8,18H,16H2,1H3,(H,17,19). The van der Waals surface area contributed by atoms with Gasteiger partial charge in [-0.2, -0.15) is 0 Å². The zero-order chi connectivity index (χ0) is 13.8. The first kappa shape index (κ1) is 13.8. The Morgan fingerprint density at radius 3 is 2.58 bits per heavy atom. The maximum Gasteiger partial charge on any atom is 0.257 e. The Balaban J connectivity index is 2.30.